The van der Waals surface area contributed by atoms with Crippen molar-refractivity contribution in [3.05, 3.63) is 11.3 Å². The predicted octanol–water partition coefficient (Wildman–Crippen LogP) is 1.39. The van der Waals surface area contributed by atoms with Crippen molar-refractivity contribution in [3.8, 4) is 0 Å². The second-order valence-electron chi connectivity index (χ2n) is 4.17. The van der Waals surface area contributed by atoms with Crippen LogP contribution in [0.5, 0.6) is 0 Å². The molecule has 2 rings (SSSR count). The van der Waals surface area contributed by atoms with Crippen LogP contribution >= 0.6 is 12.4 Å². The van der Waals surface area contributed by atoms with E-state index in [0.29, 0.717) is 5.82 Å². The molecule has 1 aromatic heterocycles. The number of halogens is 1. The van der Waals surface area contributed by atoms with Crippen molar-refractivity contribution >= 4 is 24.1 Å². The highest BCUT2D eigenvalue weighted by Crippen LogP contribution is 2.16. The fraction of sp³-hybridized carbons (Fsp3) is 0.636. The number of H-pyrrole nitrogens is 1. The van der Waals surface area contributed by atoms with Gasteiger partial charge in [0, 0.05) is 11.3 Å². The molecule has 0 radical (unpaired) electrons. The van der Waals surface area contributed by atoms with Gasteiger partial charge < -0.3 is 10.6 Å². The van der Waals surface area contributed by atoms with Crippen LogP contribution in [0, 0.1) is 6.92 Å². The number of carbonyl (C=O) groups excluding carboxylic acids is 1. The molecule has 0 saturated carbocycles. The first-order valence-corrected chi connectivity index (χ1v) is 5.80. The third kappa shape index (κ3) is 2.98. The molecule has 1 amide bonds. The first kappa shape index (κ1) is 14.0. The normalized spacial score (nSPS) is 18.8. The van der Waals surface area contributed by atoms with Crippen LogP contribution in [0.4, 0.5) is 5.82 Å². The molecule has 2 heterocycles. The molecule has 5 nitrogen and oxygen atoms in total. The molecule has 96 valence electrons. The van der Waals surface area contributed by atoms with Crippen LogP contribution in [0.15, 0.2) is 0 Å². The second kappa shape index (κ2) is 6.02. The van der Waals surface area contributed by atoms with Crippen LogP contribution in [0.3, 0.4) is 0 Å². The maximum atomic E-state index is 11.8. The number of amides is 1. The number of carbonyl (C=O) groups is 1. The summed E-state index contributed by atoms with van der Waals surface area (Å²) in [5.74, 6) is 0.685. The molecule has 0 aromatic carbocycles. The number of hydrogen-bond donors (Lipinski definition) is 3. The molecule has 1 aliphatic rings. The molecule has 0 aliphatic carbocycles. The van der Waals surface area contributed by atoms with E-state index >= 15 is 0 Å². The molecule has 6 heteroatoms. The number of anilines is 1. The summed E-state index contributed by atoms with van der Waals surface area (Å²) in [6.07, 6.45) is 2.88. The molecular weight excluding hydrogens is 240 g/mol. The quantitative estimate of drug-likeness (QED) is 0.768. The summed E-state index contributed by atoms with van der Waals surface area (Å²) < 4.78 is 0. The number of aromatic nitrogens is 2. The lowest BCUT2D eigenvalue weighted by Gasteiger charge is -2.09. The zero-order chi connectivity index (χ0) is 11.5. The Morgan fingerprint density at radius 2 is 2.35 bits per heavy atom. The molecule has 0 bridgehead atoms. The van der Waals surface area contributed by atoms with Gasteiger partial charge in [-0.3, -0.25) is 9.89 Å². The maximum Gasteiger partial charge on any atom is 0.242 e. The highest BCUT2D eigenvalue weighted by atomic mass is 35.5. The van der Waals surface area contributed by atoms with Gasteiger partial charge in [-0.1, -0.05) is 6.92 Å². The van der Waals surface area contributed by atoms with E-state index in [2.05, 4.69) is 27.8 Å². The SMILES string of the molecule is CCc1[nH]nc(NC(=O)C2CCCN2)c1C.Cl. The molecule has 1 aliphatic heterocycles. The van der Waals surface area contributed by atoms with Gasteiger partial charge in [0.2, 0.25) is 5.91 Å². The highest BCUT2D eigenvalue weighted by molar-refractivity contribution is 5.94. The van der Waals surface area contributed by atoms with E-state index in [9.17, 15) is 4.79 Å². The van der Waals surface area contributed by atoms with Gasteiger partial charge in [-0.25, -0.2) is 0 Å². The lowest BCUT2D eigenvalue weighted by molar-refractivity contribution is -0.117. The lowest BCUT2D eigenvalue weighted by Crippen LogP contribution is -2.35. The van der Waals surface area contributed by atoms with Gasteiger partial charge >= 0.3 is 0 Å². The van der Waals surface area contributed by atoms with Crippen molar-refractivity contribution in [2.45, 2.75) is 39.2 Å². The summed E-state index contributed by atoms with van der Waals surface area (Å²) in [5.41, 5.74) is 2.11. The number of rotatable bonds is 3. The van der Waals surface area contributed by atoms with Crippen molar-refractivity contribution in [2.24, 2.45) is 0 Å². The smallest absolute Gasteiger partial charge is 0.242 e. The Labute approximate surface area is 107 Å². The Morgan fingerprint density at radius 1 is 1.59 bits per heavy atom. The Bertz CT molecular complexity index is 385. The highest BCUT2D eigenvalue weighted by Gasteiger charge is 2.23. The molecule has 1 fully saturated rings. The van der Waals surface area contributed by atoms with Crippen molar-refractivity contribution in [1.82, 2.24) is 15.5 Å². The Hall–Kier alpha value is -1.07. The summed E-state index contributed by atoms with van der Waals surface area (Å²) in [6.45, 7) is 4.96. The zero-order valence-electron chi connectivity index (χ0n) is 10.2. The first-order chi connectivity index (χ1) is 7.72. The fourth-order valence-electron chi connectivity index (χ4n) is 2.01. The monoisotopic (exact) mass is 258 g/mol. The third-order valence-corrected chi connectivity index (χ3v) is 3.08. The molecule has 1 atom stereocenters. The number of aromatic amines is 1. The molecule has 17 heavy (non-hydrogen) atoms. The van der Waals surface area contributed by atoms with Crippen LogP contribution < -0.4 is 10.6 Å². The van der Waals surface area contributed by atoms with Crippen LogP contribution in [-0.4, -0.2) is 28.7 Å². The predicted molar refractivity (Wildman–Crippen MR) is 69.6 cm³/mol. The van der Waals surface area contributed by atoms with E-state index in [0.717, 1.165) is 37.1 Å². The zero-order valence-corrected chi connectivity index (χ0v) is 11.0. The van der Waals surface area contributed by atoms with E-state index < -0.39 is 0 Å². The molecule has 1 saturated heterocycles. The second-order valence-corrected chi connectivity index (χ2v) is 4.17. The lowest BCUT2D eigenvalue weighted by atomic mass is 10.2. The first-order valence-electron chi connectivity index (χ1n) is 5.80. The summed E-state index contributed by atoms with van der Waals surface area (Å²) in [7, 11) is 0. The molecule has 1 aromatic rings. The average Bonchev–Trinajstić information content (AvgIpc) is 2.89. The summed E-state index contributed by atoms with van der Waals surface area (Å²) in [5, 5.41) is 13.1. The van der Waals surface area contributed by atoms with Crippen molar-refractivity contribution < 1.29 is 4.79 Å². The van der Waals surface area contributed by atoms with E-state index in [1.807, 2.05) is 6.92 Å². The average molecular weight is 259 g/mol. The third-order valence-electron chi connectivity index (χ3n) is 3.08. The Kier molecular flexibility index (Phi) is 4.96. The van der Waals surface area contributed by atoms with Gasteiger partial charge in [0.15, 0.2) is 5.82 Å². The van der Waals surface area contributed by atoms with Crippen molar-refractivity contribution in [2.75, 3.05) is 11.9 Å². The summed E-state index contributed by atoms with van der Waals surface area (Å²) in [4.78, 5) is 11.8. The largest absolute Gasteiger partial charge is 0.308 e. The van der Waals surface area contributed by atoms with Crippen molar-refractivity contribution in [1.29, 1.82) is 0 Å². The van der Waals surface area contributed by atoms with Crippen LogP contribution in [0.25, 0.3) is 0 Å². The van der Waals surface area contributed by atoms with E-state index in [4.69, 9.17) is 0 Å². The minimum atomic E-state index is -0.0545. The van der Waals surface area contributed by atoms with E-state index in [-0.39, 0.29) is 24.4 Å². The van der Waals surface area contributed by atoms with E-state index in [1.165, 1.54) is 0 Å². The minimum absolute atomic E-state index is 0. The van der Waals surface area contributed by atoms with Crippen LogP contribution in [0.1, 0.15) is 31.0 Å². The molecule has 1 unspecified atom stereocenters. The topological polar surface area (TPSA) is 69.8 Å². The Balaban J connectivity index is 0.00000144. The number of hydrogen-bond acceptors (Lipinski definition) is 3. The van der Waals surface area contributed by atoms with Gasteiger partial charge in [0.05, 0.1) is 6.04 Å². The van der Waals surface area contributed by atoms with Gasteiger partial charge in [-0.2, -0.15) is 5.10 Å². The summed E-state index contributed by atoms with van der Waals surface area (Å²) >= 11 is 0. The Morgan fingerprint density at radius 3 is 2.88 bits per heavy atom. The van der Waals surface area contributed by atoms with E-state index in [1.54, 1.807) is 0 Å². The fourth-order valence-corrected chi connectivity index (χ4v) is 2.01. The van der Waals surface area contributed by atoms with Gasteiger partial charge in [0.1, 0.15) is 0 Å². The summed E-state index contributed by atoms with van der Waals surface area (Å²) in [6, 6.07) is -0.0545. The number of nitrogens with one attached hydrogen (secondary N) is 3. The van der Waals surface area contributed by atoms with Crippen molar-refractivity contribution in [3.63, 3.8) is 0 Å². The number of nitrogens with zero attached hydrogens (tertiary/aromatic N) is 1. The van der Waals surface area contributed by atoms with Gasteiger partial charge in [0.25, 0.3) is 0 Å². The molecular formula is C11H19ClN4O. The van der Waals surface area contributed by atoms with Crippen LogP contribution in [-0.2, 0) is 11.2 Å². The number of aryl methyl sites for hydroxylation is 1. The van der Waals surface area contributed by atoms with Crippen LogP contribution in [0.2, 0.25) is 0 Å². The standard InChI is InChI=1S/C11H18N4O.ClH/c1-3-8-7(2)10(15-14-8)13-11(16)9-5-4-6-12-9;/h9,12H,3-6H2,1-2H3,(H2,13,14,15,16);1H. The van der Waals surface area contributed by atoms with Gasteiger partial charge in [-0.05, 0) is 32.7 Å². The minimum Gasteiger partial charge on any atom is -0.308 e. The molecule has 0 spiro atoms. The maximum absolute atomic E-state index is 11.8. The van der Waals surface area contributed by atoms with Gasteiger partial charge in [-0.15, -0.1) is 12.4 Å². The molecule has 3 N–H and O–H groups in total.